The van der Waals surface area contributed by atoms with Crippen LogP contribution in [0.25, 0.3) is 0 Å². The summed E-state index contributed by atoms with van der Waals surface area (Å²) >= 11 is 6.22. The number of halogens is 1. The zero-order chi connectivity index (χ0) is 13.5. The van der Waals surface area contributed by atoms with Crippen molar-refractivity contribution in [2.45, 2.75) is 19.9 Å². The van der Waals surface area contributed by atoms with Crippen LogP contribution in [-0.4, -0.2) is 18.0 Å². The van der Waals surface area contributed by atoms with Crippen molar-refractivity contribution < 1.29 is 0 Å². The minimum Gasteiger partial charge on any atom is -0.299 e. The molecule has 0 spiro atoms. The van der Waals surface area contributed by atoms with Crippen LogP contribution in [0.4, 0.5) is 0 Å². The lowest BCUT2D eigenvalue weighted by Gasteiger charge is -2.21. The highest BCUT2D eigenvalue weighted by Crippen LogP contribution is 2.17. The fourth-order valence-corrected chi connectivity index (χ4v) is 2.34. The lowest BCUT2D eigenvalue weighted by Crippen LogP contribution is -2.25. The third-order valence-electron chi connectivity index (χ3n) is 3.36. The van der Waals surface area contributed by atoms with Crippen LogP contribution < -0.4 is 0 Å². The molecule has 0 N–H and O–H groups in total. The molecule has 0 aliphatic rings. The highest BCUT2D eigenvalue weighted by molar-refractivity contribution is 6.31. The van der Waals surface area contributed by atoms with E-state index in [4.69, 9.17) is 11.6 Å². The second-order valence-electron chi connectivity index (χ2n) is 4.70. The molecule has 0 saturated carbocycles. The average molecular weight is 274 g/mol. The topological polar surface area (TPSA) is 3.24 Å². The fourth-order valence-electron chi connectivity index (χ4n) is 2.15. The molecule has 2 aromatic carbocycles. The van der Waals surface area contributed by atoms with E-state index in [1.165, 1.54) is 11.1 Å². The highest BCUT2D eigenvalue weighted by atomic mass is 35.5. The first-order chi connectivity index (χ1) is 9.29. The van der Waals surface area contributed by atoms with Crippen molar-refractivity contribution in [2.75, 3.05) is 13.1 Å². The Balaban J connectivity index is 1.92. The van der Waals surface area contributed by atoms with Crippen molar-refractivity contribution in [2.24, 2.45) is 0 Å². The molecule has 0 radical (unpaired) electrons. The monoisotopic (exact) mass is 273 g/mol. The molecule has 2 rings (SSSR count). The van der Waals surface area contributed by atoms with E-state index in [-0.39, 0.29) is 0 Å². The molecule has 0 atom stereocenters. The first kappa shape index (κ1) is 14.1. The van der Waals surface area contributed by atoms with Gasteiger partial charge in [0.05, 0.1) is 0 Å². The van der Waals surface area contributed by atoms with E-state index in [1.807, 2.05) is 18.2 Å². The Bertz CT molecular complexity index is 496. The van der Waals surface area contributed by atoms with Gasteiger partial charge in [0.1, 0.15) is 0 Å². The van der Waals surface area contributed by atoms with Gasteiger partial charge in [0, 0.05) is 18.1 Å². The van der Waals surface area contributed by atoms with Gasteiger partial charge in [-0.1, -0.05) is 67.1 Å². The van der Waals surface area contributed by atoms with Gasteiger partial charge >= 0.3 is 0 Å². The van der Waals surface area contributed by atoms with Gasteiger partial charge in [-0.05, 0) is 30.2 Å². The number of hydrogen-bond donors (Lipinski definition) is 0. The van der Waals surface area contributed by atoms with Crippen molar-refractivity contribution in [1.29, 1.82) is 0 Å². The van der Waals surface area contributed by atoms with Crippen LogP contribution in [-0.2, 0) is 13.0 Å². The lowest BCUT2D eigenvalue weighted by molar-refractivity contribution is 0.283. The Labute approximate surface area is 120 Å². The molecule has 0 aromatic heterocycles. The Kier molecular flexibility index (Phi) is 5.44. The first-order valence-electron chi connectivity index (χ1n) is 6.79. The van der Waals surface area contributed by atoms with E-state index in [0.717, 1.165) is 31.1 Å². The predicted molar refractivity (Wildman–Crippen MR) is 82.5 cm³/mol. The fraction of sp³-hybridized carbons (Fsp3) is 0.294. The summed E-state index contributed by atoms with van der Waals surface area (Å²) in [5, 5.41) is 0.862. The maximum Gasteiger partial charge on any atom is 0.0451 e. The molecule has 0 saturated heterocycles. The van der Waals surface area contributed by atoms with Crippen LogP contribution in [0.3, 0.4) is 0 Å². The molecule has 0 unspecified atom stereocenters. The summed E-state index contributed by atoms with van der Waals surface area (Å²) in [6.07, 6.45) is 1.08. The standard InChI is InChI=1S/C17H20ClN/c1-2-19(13-12-15-8-4-3-5-9-15)14-16-10-6-7-11-17(16)18/h3-11H,2,12-14H2,1H3. The summed E-state index contributed by atoms with van der Waals surface area (Å²) in [4.78, 5) is 2.42. The van der Waals surface area contributed by atoms with Gasteiger partial charge in [-0.2, -0.15) is 0 Å². The predicted octanol–water partition coefficient (Wildman–Crippen LogP) is 4.40. The summed E-state index contributed by atoms with van der Waals surface area (Å²) in [6.45, 7) is 5.22. The Hall–Kier alpha value is -1.31. The van der Waals surface area contributed by atoms with Crippen molar-refractivity contribution in [3.05, 3.63) is 70.7 Å². The van der Waals surface area contributed by atoms with E-state index in [0.29, 0.717) is 0 Å². The first-order valence-corrected chi connectivity index (χ1v) is 7.17. The van der Waals surface area contributed by atoms with Gasteiger partial charge in [0.25, 0.3) is 0 Å². The number of hydrogen-bond acceptors (Lipinski definition) is 1. The van der Waals surface area contributed by atoms with Crippen molar-refractivity contribution in [3.63, 3.8) is 0 Å². The molecule has 0 amide bonds. The minimum atomic E-state index is 0.862. The molecule has 0 fully saturated rings. The summed E-state index contributed by atoms with van der Waals surface area (Å²) < 4.78 is 0. The molecule has 1 nitrogen and oxygen atoms in total. The van der Waals surface area contributed by atoms with E-state index >= 15 is 0 Å². The SMILES string of the molecule is CCN(CCc1ccccc1)Cc1ccccc1Cl. The second kappa shape index (κ2) is 7.32. The van der Waals surface area contributed by atoms with Gasteiger partial charge in [0.2, 0.25) is 0 Å². The molecular formula is C17H20ClN. The Morgan fingerprint density at radius 3 is 2.32 bits per heavy atom. The number of benzene rings is 2. The summed E-state index contributed by atoms with van der Waals surface area (Å²) in [5.74, 6) is 0. The number of rotatable bonds is 6. The Morgan fingerprint density at radius 2 is 1.63 bits per heavy atom. The van der Waals surface area contributed by atoms with Crippen molar-refractivity contribution in [3.8, 4) is 0 Å². The van der Waals surface area contributed by atoms with E-state index in [9.17, 15) is 0 Å². The molecular weight excluding hydrogens is 254 g/mol. The third kappa shape index (κ3) is 4.38. The van der Waals surface area contributed by atoms with E-state index in [1.54, 1.807) is 0 Å². The van der Waals surface area contributed by atoms with Gasteiger partial charge in [-0.15, -0.1) is 0 Å². The third-order valence-corrected chi connectivity index (χ3v) is 3.73. The average Bonchev–Trinajstić information content (AvgIpc) is 2.46. The quantitative estimate of drug-likeness (QED) is 0.754. The van der Waals surface area contributed by atoms with Crippen LogP contribution in [0.5, 0.6) is 0 Å². The molecule has 0 aliphatic heterocycles. The molecule has 19 heavy (non-hydrogen) atoms. The van der Waals surface area contributed by atoms with Crippen LogP contribution in [0, 0.1) is 0 Å². The van der Waals surface area contributed by atoms with E-state index in [2.05, 4.69) is 48.2 Å². The van der Waals surface area contributed by atoms with Gasteiger partial charge in [0.15, 0.2) is 0 Å². The minimum absolute atomic E-state index is 0.862. The van der Waals surface area contributed by atoms with Crippen LogP contribution in [0.15, 0.2) is 54.6 Å². The number of likely N-dealkylation sites (N-methyl/N-ethyl adjacent to an activating group) is 1. The maximum atomic E-state index is 6.22. The maximum absolute atomic E-state index is 6.22. The number of nitrogens with zero attached hydrogens (tertiary/aromatic N) is 1. The van der Waals surface area contributed by atoms with Crippen molar-refractivity contribution >= 4 is 11.6 Å². The van der Waals surface area contributed by atoms with Crippen LogP contribution in [0.1, 0.15) is 18.1 Å². The molecule has 2 aromatic rings. The normalized spacial score (nSPS) is 10.9. The van der Waals surface area contributed by atoms with Crippen LogP contribution in [0.2, 0.25) is 5.02 Å². The van der Waals surface area contributed by atoms with Gasteiger partial charge < -0.3 is 0 Å². The summed E-state index contributed by atoms with van der Waals surface area (Å²) in [5.41, 5.74) is 2.60. The highest BCUT2D eigenvalue weighted by Gasteiger charge is 2.06. The van der Waals surface area contributed by atoms with E-state index < -0.39 is 0 Å². The zero-order valence-electron chi connectivity index (χ0n) is 11.3. The van der Waals surface area contributed by atoms with Gasteiger partial charge in [-0.3, -0.25) is 4.90 Å². The molecule has 0 bridgehead atoms. The smallest absolute Gasteiger partial charge is 0.0451 e. The summed E-state index contributed by atoms with van der Waals surface area (Å²) in [6, 6.07) is 18.7. The summed E-state index contributed by atoms with van der Waals surface area (Å²) in [7, 11) is 0. The zero-order valence-corrected chi connectivity index (χ0v) is 12.1. The molecule has 0 aliphatic carbocycles. The Morgan fingerprint density at radius 1 is 0.947 bits per heavy atom. The van der Waals surface area contributed by atoms with Gasteiger partial charge in [-0.25, -0.2) is 0 Å². The molecule has 0 heterocycles. The van der Waals surface area contributed by atoms with Crippen molar-refractivity contribution in [1.82, 2.24) is 4.90 Å². The van der Waals surface area contributed by atoms with Crippen LogP contribution >= 0.6 is 11.6 Å². The largest absolute Gasteiger partial charge is 0.299 e. The molecule has 100 valence electrons. The second-order valence-corrected chi connectivity index (χ2v) is 5.10. The lowest BCUT2D eigenvalue weighted by atomic mass is 10.1. The molecule has 2 heteroatoms.